The molecule has 0 fully saturated rings. The van der Waals surface area contributed by atoms with Crippen LogP contribution in [0.4, 0.5) is 0 Å². The van der Waals surface area contributed by atoms with Gasteiger partial charge in [-0.1, -0.05) is 12.1 Å². The topological polar surface area (TPSA) is 117 Å². The average Bonchev–Trinajstić information content (AvgIpc) is 3.42. The summed E-state index contributed by atoms with van der Waals surface area (Å²) in [6, 6.07) is 14.5. The minimum Gasteiger partial charge on any atom is -0.493 e. The van der Waals surface area contributed by atoms with E-state index in [1.165, 1.54) is 7.11 Å². The number of hydrogen-bond donors (Lipinski definition) is 0. The number of rotatable bonds is 14. The quantitative estimate of drug-likeness (QED) is 0.0845. The number of nitrogens with zero attached hydrogens (tertiary/aromatic N) is 1. The number of esters is 1. The van der Waals surface area contributed by atoms with E-state index in [1.807, 2.05) is 65.8 Å². The van der Waals surface area contributed by atoms with Crippen LogP contribution in [0.5, 0.6) is 34.5 Å². The lowest BCUT2D eigenvalue weighted by molar-refractivity contribution is 0.0590. The Kier molecular flexibility index (Phi) is 10.8. The first-order chi connectivity index (χ1) is 23.9. The smallest absolute Gasteiger partial charge is 0.361 e. The lowest BCUT2D eigenvalue weighted by Crippen LogP contribution is -2.16. The Labute approximate surface area is 291 Å². The number of benzene rings is 3. The maximum atomic E-state index is 14.1. The van der Waals surface area contributed by atoms with E-state index >= 15 is 0 Å². The van der Waals surface area contributed by atoms with E-state index in [0.29, 0.717) is 62.8 Å². The van der Waals surface area contributed by atoms with Crippen LogP contribution in [0.2, 0.25) is 0 Å². The van der Waals surface area contributed by atoms with Gasteiger partial charge < -0.3 is 42.1 Å². The van der Waals surface area contributed by atoms with Gasteiger partial charge in [0.2, 0.25) is 0 Å². The van der Waals surface area contributed by atoms with Gasteiger partial charge in [-0.2, -0.15) is 0 Å². The molecule has 0 atom stereocenters. The molecule has 0 unspecified atom stereocenters. The van der Waals surface area contributed by atoms with E-state index in [2.05, 4.69) is 0 Å². The van der Waals surface area contributed by atoms with Crippen molar-refractivity contribution in [2.24, 2.45) is 0 Å². The van der Waals surface area contributed by atoms with Crippen LogP contribution < -0.4 is 34.0 Å². The zero-order valence-corrected chi connectivity index (χ0v) is 30.3. The van der Waals surface area contributed by atoms with Gasteiger partial charge in [-0.25, -0.2) is 9.59 Å². The molecular weight excluding hydrogens is 642 g/mol. The van der Waals surface area contributed by atoms with Gasteiger partial charge in [0.1, 0.15) is 16.8 Å². The van der Waals surface area contributed by atoms with Gasteiger partial charge in [0.15, 0.2) is 34.5 Å². The molecule has 5 aromatic rings. The van der Waals surface area contributed by atoms with E-state index in [0.717, 1.165) is 5.56 Å². The molecule has 0 N–H and O–H groups in total. The number of methoxy groups -OCH3 is 4. The van der Waals surface area contributed by atoms with Crippen molar-refractivity contribution in [2.45, 2.75) is 72.8 Å². The molecule has 0 radical (unpaired) electrons. The second-order valence-corrected chi connectivity index (χ2v) is 12.6. The summed E-state index contributed by atoms with van der Waals surface area (Å²) in [5.74, 6) is 2.43. The third-order valence-corrected chi connectivity index (χ3v) is 7.97. The third-order valence-electron chi connectivity index (χ3n) is 7.97. The molecule has 0 bridgehead atoms. The third kappa shape index (κ3) is 7.17. The van der Waals surface area contributed by atoms with Crippen molar-refractivity contribution in [3.8, 4) is 45.6 Å². The van der Waals surface area contributed by atoms with Crippen molar-refractivity contribution in [2.75, 3.05) is 28.4 Å². The molecule has 0 saturated carbocycles. The summed E-state index contributed by atoms with van der Waals surface area (Å²) in [4.78, 5) is 28.0. The number of carbonyl (C=O) groups excluding carboxylic acids is 1. The van der Waals surface area contributed by atoms with Crippen molar-refractivity contribution in [3.05, 3.63) is 70.2 Å². The van der Waals surface area contributed by atoms with E-state index in [-0.39, 0.29) is 41.7 Å². The molecule has 3 aromatic carbocycles. The summed E-state index contributed by atoms with van der Waals surface area (Å²) in [7, 11) is 6.01. The second kappa shape index (κ2) is 15.1. The number of carbonyl (C=O) groups is 1. The lowest BCUT2D eigenvalue weighted by Gasteiger charge is -2.16. The number of aromatic nitrogens is 1. The Hall–Kier alpha value is -5.32. The summed E-state index contributed by atoms with van der Waals surface area (Å²) < 4.78 is 48.0. The molecule has 0 saturated heterocycles. The standard InChI is InChI=1S/C39H45NO10/c1-21(2)47-31-17-24(11-13-27(31)43-7)15-16-40-36(38(41)46-10)34(25-12-14-28(44-8)32(18-25)48-22(3)4)35-26-19-30(45-9)33(49-23(5)6)20-29(26)50-39(42)37(35)40/h11-14,17-23H,15-16H2,1-10H3. The van der Waals surface area contributed by atoms with E-state index < -0.39 is 11.6 Å². The molecule has 0 aliphatic rings. The fourth-order valence-electron chi connectivity index (χ4n) is 6.02. The number of ether oxygens (including phenoxy) is 7. The maximum absolute atomic E-state index is 14.1. The monoisotopic (exact) mass is 687 g/mol. The highest BCUT2D eigenvalue weighted by molar-refractivity contribution is 6.18. The van der Waals surface area contributed by atoms with Crippen LogP contribution >= 0.6 is 0 Å². The van der Waals surface area contributed by atoms with E-state index in [1.54, 1.807) is 50.2 Å². The van der Waals surface area contributed by atoms with Gasteiger partial charge >= 0.3 is 11.6 Å². The van der Waals surface area contributed by atoms with Gasteiger partial charge in [-0.3, -0.25) is 0 Å². The number of hydrogen-bond acceptors (Lipinski definition) is 10. The zero-order chi connectivity index (χ0) is 36.3. The molecule has 11 nitrogen and oxygen atoms in total. The van der Waals surface area contributed by atoms with Crippen LogP contribution in [-0.4, -0.2) is 57.3 Å². The number of aryl methyl sites for hydroxylation is 2. The highest BCUT2D eigenvalue weighted by Crippen LogP contribution is 2.44. The van der Waals surface area contributed by atoms with Crippen LogP contribution in [0.15, 0.2) is 57.7 Å². The molecule has 2 heterocycles. The molecular formula is C39H45NO10. The van der Waals surface area contributed by atoms with E-state index in [9.17, 15) is 9.59 Å². The van der Waals surface area contributed by atoms with Crippen LogP contribution in [0, 0.1) is 0 Å². The van der Waals surface area contributed by atoms with Gasteiger partial charge in [0, 0.05) is 28.9 Å². The Bertz CT molecular complexity index is 2070. The van der Waals surface area contributed by atoms with E-state index in [4.69, 9.17) is 37.6 Å². The first-order valence-electron chi connectivity index (χ1n) is 16.5. The van der Waals surface area contributed by atoms with Crippen LogP contribution in [0.3, 0.4) is 0 Å². The fraction of sp³-hybridized carbons (Fsp3) is 0.385. The highest BCUT2D eigenvalue weighted by Gasteiger charge is 2.30. The predicted molar refractivity (Wildman–Crippen MR) is 192 cm³/mol. The van der Waals surface area contributed by atoms with Gasteiger partial charge in [-0.05, 0) is 89.4 Å². The normalized spacial score (nSPS) is 11.5. The van der Waals surface area contributed by atoms with Crippen molar-refractivity contribution in [1.29, 1.82) is 0 Å². The minimum atomic E-state index is -0.629. The predicted octanol–water partition coefficient (Wildman–Crippen LogP) is 7.83. The summed E-state index contributed by atoms with van der Waals surface area (Å²) in [5.41, 5.74) is 2.00. The SMILES string of the molecule is COC(=O)c1c(-c2ccc(OC)c(OC(C)C)c2)c2c3cc(OC)c(OC(C)C)cc3oc(=O)c2n1CCc1ccc(OC)c(OC(C)C)c1. The molecule has 50 heavy (non-hydrogen) atoms. The van der Waals surface area contributed by atoms with Crippen LogP contribution in [0.1, 0.15) is 57.6 Å². The van der Waals surface area contributed by atoms with Crippen molar-refractivity contribution < 1.29 is 42.4 Å². The number of fused-ring (bicyclic) bond motifs is 3. The zero-order valence-electron chi connectivity index (χ0n) is 30.3. The Morgan fingerprint density at radius 2 is 1.26 bits per heavy atom. The summed E-state index contributed by atoms with van der Waals surface area (Å²) in [6.07, 6.45) is 0.0304. The highest BCUT2D eigenvalue weighted by atomic mass is 16.5. The molecule has 266 valence electrons. The Morgan fingerprint density at radius 3 is 1.82 bits per heavy atom. The van der Waals surface area contributed by atoms with Gasteiger partial charge in [-0.15, -0.1) is 0 Å². The largest absolute Gasteiger partial charge is 0.493 e. The molecule has 0 amide bonds. The molecule has 11 heteroatoms. The van der Waals surface area contributed by atoms with Crippen molar-refractivity contribution >= 4 is 27.8 Å². The second-order valence-electron chi connectivity index (χ2n) is 12.6. The summed E-state index contributed by atoms with van der Waals surface area (Å²) in [5, 5.41) is 1.04. The first-order valence-corrected chi connectivity index (χ1v) is 16.5. The molecule has 0 aliphatic heterocycles. The summed E-state index contributed by atoms with van der Waals surface area (Å²) in [6.45, 7) is 11.7. The maximum Gasteiger partial charge on any atom is 0.361 e. The average molecular weight is 688 g/mol. The van der Waals surface area contributed by atoms with Crippen LogP contribution in [0.25, 0.3) is 33.0 Å². The van der Waals surface area contributed by atoms with Gasteiger partial charge in [0.05, 0.1) is 46.8 Å². The molecule has 2 aromatic heterocycles. The molecule has 5 rings (SSSR count). The minimum absolute atomic E-state index is 0.0727. The van der Waals surface area contributed by atoms with Crippen LogP contribution in [-0.2, 0) is 17.7 Å². The van der Waals surface area contributed by atoms with Gasteiger partial charge in [0.25, 0.3) is 0 Å². The van der Waals surface area contributed by atoms with Crippen molar-refractivity contribution in [1.82, 2.24) is 4.57 Å². The Morgan fingerprint density at radius 1 is 0.700 bits per heavy atom. The lowest BCUT2D eigenvalue weighted by atomic mass is 9.98. The molecule has 0 aliphatic carbocycles. The fourth-order valence-corrected chi connectivity index (χ4v) is 6.02. The Balaban J connectivity index is 1.85. The first kappa shape index (κ1) is 36.0. The molecule has 0 spiro atoms. The van der Waals surface area contributed by atoms with Crippen molar-refractivity contribution in [3.63, 3.8) is 0 Å². The summed E-state index contributed by atoms with van der Waals surface area (Å²) >= 11 is 0.